The zero-order chi connectivity index (χ0) is 12.5. The van der Waals surface area contributed by atoms with Crippen molar-refractivity contribution in [2.75, 3.05) is 0 Å². The van der Waals surface area contributed by atoms with Crippen LogP contribution in [0.1, 0.15) is 37.3 Å². The van der Waals surface area contributed by atoms with E-state index in [0.717, 1.165) is 24.0 Å². The summed E-state index contributed by atoms with van der Waals surface area (Å²) in [5.41, 5.74) is 1.77. The van der Waals surface area contributed by atoms with E-state index in [2.05, 4.69) is 0 Å². The maximum absolute atomic E-state index is 13.1. The molecule has 2 rings (SSSR count). The third-order valence-electron chi connectivity index (χ3n) is 3.43. The molecule has 1 aromatic rings. The number of carboxylic acids is 1. The highest BCUT2D eigenvalue weighted by Crippen LogP contribution is 2.52. The normalized spacial score (nSPS) is 18.7. The number of rotatable bonds is 5. The van der Waals surface area contributed by atoms with Crippen molar-refractivity contribution >= 4 is 5.97 Å². The van der Waals surface area contributed by atoms with Crippen LogP contribution < -0.4 is 0 Å². The lowest BCUT2D eigenvalue weighted by Crippen LogP contribution is -2.16. The number of halogens is 1. The maximum atomic E-state index is 13.1. The van der Waals surface area contributed by atoms with Crippen LogP contribution in [0.5, 0.6) is 0 Å². The van der Waals surface area contributed by atoms with Crippen LogP contribution in [0.15, 0.2) is 24.3 Å². The Hall–Kier alpha value is -1.38. The van der Waals surface area contributed by atoms with Crippen molar-refractivity contribution in [2.45, 2.75) is 44.2 Å². The molecule has 0 aromatic heterocycles. The van der Waals surface area contributed by atoms with Crippen LogP contribution in [0.4, 0.5) is 4.39 Å². The zero-order valence-corrected chi connectivity index (χ0v) is 9.95. The first-order chi connectivity index (χ1) is 8.03. The Morgan fingerprint density at radius 1 is 1.47 bits per heavy atom. The fraction of sp³-hybridized carbons (Fsp3) is 0.500. The van der Waals surface area contributed by atoms with Gasteiger partial charge >= 0.3 is 5.97 Å². The van der Waals surface area contributed by atoms with Crippen molar-refractivity contribution in [1.82, 2.24) is 0 Å². The summed E-state index contributed by atoms with van der Waals surface area (Å²) >= 11 is 0. The van der Waals surface area contributed by atoms with Gasteiger partial charge in [0.25, 0.3) is 0 Å². The summed E-state index contributed by atoms with van der Waals surface area (Å²) in [6, 6.07) is 7.66. The molecule has 0 aliphatic heterocycles. The van der Waals surface area contributed by atoms with Crippen molar-refractivity contribution in [3.8, 4) is 0 Å². The molecule has 2 nitrogen and oxygen atoms in total. The molecular formula is C14H17FO2. The van der Waals surface area contributed by atoms with Crippen LogP contribution in [0, 0.1) is 0 Å². The minimum atomic E-state index is -0.892. The van der Waals surface area contributed by atoms with Gasteiger partial charge in [-0.05, 0) is 30.9 Å². The van der Waals surface area contributed by atoms with Crippen LogP contribution in [0.3, 0.4) is 0 Å². The van der Waals surface area contributed by atoms with Gasteiger partial charge in [0.05, 0.1) is 6.42 Å². The monoisotopic (exact) mass is 236 g/mol. The summed E-state index contributed by atoms with van der Waals surface area (Å²) in [6.45, 7) is 1.54. The molecular weight excluding hydrogens is 219 g/mol. The first-order valence-electron chi connectivity index (χ1n) is 5.98. The predicted molar refractivity (Wildman–Crippen MR) is 63.9 cm³/mol. The van der Waals surface area contributed by atoms with E-state index in [4.69, 9.17) is 5.11 Å². The van der Waals surface area contributed by atoms with E-state index in [9.17, 15) is 9.18 Å². The van der Waals surface area contributed by atoms with E-state index in [0.29, 0.717) is 6.42 Å². The molecule has 1 unspecified atom stereocenters. The molecule has 1 aromatic carbocycles. The third kappa shape index (κ3) is 2.65. The minimum Gasteiger partial charge on any atom is -0.481 e. The van der Waals surface area contributed by atoms with Gasteiger partial charge in [0.2, 0.25) is 0 Å². The summed E-state index contributed by atoms with van der Waals surface area (Å²) in [6.07, 6.45) is 1.44. The second-order valence-electron chi connectivity index (χ2n) is 4.99. The maximum Gasteiger partial charge on any atom is 0.304 e. The topological polar surface area (TPSA) is 37.3 Å². The first-order valence-corrected chi connectivity index (χ1v) is 5.98. The number of hydrogen-bond acceptors (Lipinski definition) is 1. The van der Waals surface area contributed by atoms with Crippen molar-refractivity contribution in [3.05, 3.63) is 35.4 Å². The molecule has 1 aliphatic carbocycles. The number of carbonyl (C=O) groups is 1. The van der Waals surface area contributed by atoms with Crippen LogP contribution in [-0.2, 0) is 16.6 Å². The van der Waals surface area contributed by atoms with Crippen molar-refractivity contribution in [2.24, 2.45) is 0 Å². The van der Waals surface area contributed by atoms with E-state index in [1.165, 1.54) is 6.92 Å². The summed E-state index contributed by atoms with van der Waals surface area (Å²) in [5.74, 6) is -0.773. The van der Waals surface area contributed by atoms with Crippen LogP contribution in [0.25, 0.3) is 0 Å². The van der Waals surface area contributed by atoms with Crippen LogP contribution in [0.2, 0.25) is 0 Å². The molecule has 0 amide bonds. The fourth-order valence-corrected chi connectivity index (χ4v) is 2.50. The fourth-order valence-electron chi connectivity index (χ4n) is 2.50. The van der Waals surface area contributed by atoms with Gasteiger partial charge in [0.1, 0.15) is 6.17 Å². The molecule has 1 aliphatic rings. The van der Waals surface area contributed by atoms with Gasteiger partial charge < -0.3 is 5.11 Å². The molecule has 0 heterocycles. The SMILES string of the molecule is CC(F)Cc1ccccc1C1(CC(=O)O)CC1. The minimum absolute atomic E-state index is 0.157. The van der Waals surface area contributed by atoms with Gasteiger partial charge in [0.15, 0.2) is 0 Å². The Kier molecular flexibility index (Phi) is 3.18. The lowest BCUT2D eigenvalue weighted by Gasteiger charge is -2.18. The molecule has 0 bridgehead atoms. The standard InChI is InChI=1S/C14H17FO2/c1-10(15)8-11-4-2-3-5-12(11)14(6-7-14)9-13(16)17/h2-5,10H,6-9H2,1H3,(H,16,17). The predicted octanol–water partition coefficient (Wildman–Crippen LogP) is 3.09. The van der Waals surface area contributed by atoms with Gasteiger partial charge in [-0.2, -0.15) is 0 Å². The number of benzene rings is 1. The molecule has 92 valence electrons. The van der Waals surface area contributed by atoms with Gasteiger partial charge in [0, 0.05) is 11.8 Å². The molecule has 1 saturated carbocycles. The molecule has 17 heavy (non-hydrogen) atoms. The molecule has 1 atom stereocenters. The highest BCUT2D eigenvalue weighted by molar-refractivity contribution is 5.70. The Balaban J connectivity index is 2.28. The first kappa shape index (κ1) is 12.1. The lowest BCUT2D eigenvalue weighted by molar-refractivity contribution is -0.137. The third-order valence-corrected chi connectivity index (χ3v) is 3.43. The number of alkyl halides is 1. The van der Waals surface area contributed by atoms with Gasteiger partial charge in [-0.15, -0.1) is 0 Å². The van der Waals surface area contributed by atoms with E-state index in [1.54, 1.807) is 0 Å². The molecule has 0 spiro atoms. The average molecular weight is 236 g/mol. The Labute approximate surface area is 100 Å². The highest BCUT2D eigenvalue weighted by atomic mass is 19.1. The Bertz CT molecular complexity index is 422. The van der Waals surface area contributed by atoms with E-state index < -0.39 is 12.1 Å². The highest BCUT2D eigenvalue weighted by Gasteiger charge is 2.46. The average Bonchev–Trinajstić information content (AvgIpc) is 2.97. The zero-order valence-electron chi connectivity index (χ0n) is 9.95. The Morgan fingerprint density at radius 2 is 2.12 bits per heavy atom. The van der Waals surface area contributed by atoms with E-state index in [1.807, 2.05) is 24.3 Å². The molecule has 1 fully saturated rings. The molecule has 3 heteroatoms. The number of carboxylic acid groups (broad SMARTS) is 1. The largest absolute Gasteiger partial charge is 0.481 e. The van der Waals surface area contributed by atoms with Crippen LogP contribution >= 0.6 is 0 Å². The molecule has 0 saturated heterocycles. The van der Waals surface area contributed by atoms with Crippen molar-refractivity contribution in [3.63, 3.8) is 0 Å². The van der Waals surface area contributed by atoms with Gasteiger partial charge in [-0.25, -0.2) is 4.39 Å². The smallest absolute Gasteiger partial charge is 0.304 e. The lowest BCUT2D eigenvalue weighted by atomic mass is 9.87. The summed E-state index contributed by atoms with van der Waals surface area (Å²) in [4.78, 5) is 10.9. The summed E-state index contributed by atoms with van der Waals surface area (Å²) < 4.78 is 13.1. The number of aliphatic carboxylic acids is 1. The summed E-state index contributed by atoms with van der Waals surface area (Å²) in [5, 5.41) is 8.95. The summed E-state index contributed by atoms with van der Waals surface area (Å²) in [7, 11) is 0. The van der Waals surface area contributed by atoms with Gasteiger partial charge in [-0.3, -0.25) is 4.79 Å². The van der Waals surface area contributed by atoms with Crippen molar-refractivity contribution in [1.29, 1.82) is 0 Å². The molecule has 0 radical (unpaired) electrons. The van der Waals surface area contributed by atoms with E-state index in [-0.39, 0.29) is 11.8 Å². The quantitative estimate of drug-likeness (QED) is 0.853. The molecule has 1 N–H and O–H groups in total. The van der Waals surface area contributed by atoms with Crippen LogP contribution in [-0.4, -0.2) is 17.2 Å². The second-order valence-corrected chi connectivity index (χ2v) is 4.99. The van der Waals surface area contributed by atoms with E-state index >= 15 is 0 Å². The number of hydrogen-bond donors (Lipinski definition) is 1. The Morgan fingerprint density at radius 3 is 2.65 bits per heavy atom. The second kappa shape index (κ2) is 4.47. The van der Waals surface area contributed by atoms with Crippen molar-refractivity contribution < 1.29 is 14.3 Å². The van der Waals surface area contributed by atoms with Gasteiger partial charge in [-0.1, -0.05) is 24.3 Å².